The van der Waals surface area contributed by atoms with Crippen molar-refractivity contribution in [3.8, 4) is 11.1 Å². The first-order valence-electron chi connectivity index (χ1n) is 6.35. The van der Waals surface area contributed by atoms with Gasteiger partial charge < -0.3 is 5.32 Å². The van der Waals surface area contributed by atoms with Gasteiger partial charge in [0, 0.05) is 5.69 Å². The molecule has 0 amide bonds. The summed E-state index contributed by atoms with van der Waals surface area (Å²) in [5.74, 6) is -0.328. The molecule has 3 rings (SSSR count). The molecular weight excluding hydrogens is 282 g/mol. The summed E-state index contributed by atoms with van der Waals surface area (Å²) in [5.41, 5.74) is 2.75. The average Bonchev–Trinajstić information content (AvgIpc) is 2.46. The Bertz CT molecular complexity index is 686. The van der Waals surface area contributed by atoms with Gasteiger partial charge in [0.1, 0.15) is 11.9 Å². The lowest BCUT2D eigenvalue weighted by molar-refractivity contribution is -0.132. The zero-order valence-electron chi connectivity index (χ0n) is 10.8. The zero-order chi connectivity index (χ0) is 15.0. The molecule has 0 aromatic heterocycles. The molecule has 108 valence electrons. The topological polar surface area (TPSA) is 12.0 Å². The third-order valence-electron chi connectivity index (χ3n) is 3.36. The van der Waals surface area contributed by atoms with Gasteiger partial charge >= 0.3 is 6.18 Å². The quantitative estimate of drug-likeness (QED) is 0.740. The van der Waals surface area contributed by atoms with E-state index in [1.807, 2.05) is 0 Å². The monoisotopic (exact) mass is 293 g/mol. The third kappa shape index (κ3) is 2.77. The van der Waals surface area contributed by atoms with E-state index in [-0.39, 0.29) is 5.82 Å². The van der Waals surface area contributed by atoms with Gasteiger partial charge in [-0.1, -0.05) is 30.4 Å². The molecule has 1 nitrogen and oxygen atoms in total. The molecule has 1 aliphatic heterocycles. The van der Waals surface area contributed by atoms with Crippen LogP contribution < -0.4 is 5.32 Å². The molecule has 1 atom stereocenters. The van der Waals surface area contributed by atoms with Crippen molar-refractivity contribution in [2.45, 2.75) is 12.2 Å². The number of rotatable bonds is 1. The molecule has 1 heterocycles. The van der Waals surface area contributed by atoms with E-state index >= 15 is 0 Å². The van der Waals surface area contributed by atoms with E-state index < -0.39 is 12.2 Å². The number of nitrogens with one attached hydrogen (secondary N) is 1. The van der Waals surface area contributed by atoms with Gasteiger partial charge in [0.15, 0.2) is 0 Å². The number of benzene rings is 2. The van der Waals surface area contributed by atoms with Crippen LogP contribution in [0.4, 0.5) is 23.2 Å². The summed E-state index contributed by atoms with van der Waals surface area (Å²) in [6.45, 7) is 0. The molecule has 0 saturated heterocycles. The summed E-state index contributed by atoms with van der Waals surface area (Å²) in [4.78, 5) is 0. The highest BCUT2D eigenvalue weighted by molar-refractivity contribution is 5.77. The second-order valence-corrected chi connectivity index (χ2v) is 4.83. The minimum atomic E-state index is -4.32. The van der Waals surface area contributed by atoms with Gasteiger partial charge in [-0.3, -0.25) is 0 Å². The molecule has 21 heavy (non-hydrogen) atoms. The van der Waals surface area contributed by atoms with E-state index in [2.05, 4.69) is 5.32 Å². The highest BCUT2D eigenvalue weighted by Gasteiger charge is 2.39. The summed E-state index contributed by atoms with van der Waals surface area (Å²) >= 11 is 0. The van der Waals surface area contributed by atoms with Gasteiger partial charge in [-0.25, -0.2) is 4.39 Å². The van der Waals surface area contributed by atoms with Gasteiger partial charge in [0.25, 0.3) is 0 Å². The standard InChI is InChI=1S/C16H11F4N/c17-13-5-1-10(2-6-13)11-3-7-14-12(9-11)4-8-15(21-14)16(18,19)20/h1-9,15,21H. The molecule has 1 N–H and O–H groups in total. The maximum Gasteiger partial charge on any atom is 0.412 e. The van der Waals surface area contributed by atoms with E-state index in [1.165, 1.54) is 18.2 Å². The molecule has 0 spiro atoms. The van der Waals surface area contributed by atoms with Crippen LogP contribution in [0.1, 0.15) is 5.56 Å². The Morgan fingerprint density at radius 1 is 0.905 bits per heavy atom. The van der Waals surface area contributed by atoms with Gasteiger partial charge in [0.05, 0.1) is 0 Å². The van der Waals surface area contributed by atoms with Crippen LogP contribution >= 0.6 is 0 Å². The Morgan fingerprint density at radius 3 is 2.24 bits per heavy atom. The number of alkyl halides is 3. The molecule has 0 bridgehead atoms. The van der Waals surface area contributed by atoms with E-state index in [9.17, 15) is 17.6 Å². The normalized spacial score (nSPS) is 17.2. The molecule has 2 aromatic rings. The Labute approximate surface area is 118 Å². The Hall–Kier alpha value is -2.30. The molecular formula is C16H11F4N. The Morgan fingerprint density at radius 2 is 1.57 bits per heavy atom. The second-order valence-electron chi connectivity index (χ2n) is 4.83. The fourth-order valence-electron chi connectivity index (χ4n) is 2.26. The number of hydrogen-bond acceptors (Lipinski definition) is 1. The van der Waals surface area contributed by atoms with Gasteiger partial charge in [-0.2, -0.15) is 13.2 Å². The maximum absolute atomic E-state index is 12.9. The summed E-state index contributed by atoms with van der Waals surface area (Å²) in [6, 6.07) is 9.40. The van der Waals surface area contributed by atoms with Crippen LogP contribution in [0.25, 0.3) is 17.2 Å². The van der Waals surface area contributed by atoms with Crippen LogP contribution in [-0.2, 0) is 0 Å². The van der Waals surface area contributed by atoms with Crippen molar-refractivity contribution in [2.75, 3.05) is 5.32 Å². The van der Waals surface area contributed by atoms with Crippen molar-refractivity contribution in [1.29, 1.82) is 0 Å². The fraction of sp³-hybridized carbons (Fsp3) is 0.125. The predicted octanol–water partition coefficient (Wildman–Crippen LogP) is 4.86. The van der Waals surface area contributed by atoms with Crippen LogP contribution in [0.3, 0.4) is 0 Å². The van der Waals surface area contributed by atoms with Crippen molar-refractivity contribution in [3.05, 3.63) is 59.9 Å². The first-order valence-corrected chi connectivity index (χ1v) is 6.35. The minimum Gasteiger partial charge on any atom is -0.370 e. The van der Waals surface area contributed by atoms with Gasteiger partial charge in [-0.15, -0.1) is 0 Å². The Kier molecular flexibility index (Phi) is 3.20. The number of hydrogen-bond donors (Lipinski definition) is 1. The van der Waals surface area contributed by atoms with Crippen LogP contribution in [0.15, 0.2) is 48.5 Å². The molecule has 0 fully saturated rings. The third-order valence-corrected chi connectivity index (χ3v) is 3.36. The lowest BCUT2D eigenvalue weighted by Gasteiger charge is -2.24. The number of halogens is 4. The lowest BCUT2D eigenvalue weighted by atomic mass is 9.98. The number of fused-ring (bicyclic) bond motifs is 1. The summed E-state index contributed by atoms with van der Waals surface area (Å²) in [7, 11) is 0. The maximum atomic E-state index is 12.9. The molecule has 0 saturated carbocycles. The van der Waals surface area contributed by atoms with Crippen LogP contribution in [0.5, 0.6) is 0 Å². The van der Waals surface area contributed by atoms with Crippen molar-refractivity contribution < 1.29 is 17.6 Å². The zero-order valence-corrected chi connectivity index (χ0v) is 10.8. The van der Waals surface area contributed by atoms with Gasteiger partial charge in [0.2, 0.25) is 0 Å². The molecule has 5 heteroatoms. The smallest absolute Gasteiger partial charge is 0.370 e. The number of anilines is 1. The van der Waals surface area contributed by atoms with Crippen molar-refractivity contribution >= 4 is 11.8 Å². The average molecular weight is 293 g/mol. The van der Waals surface area contributed by atoms with Crippen LogP contribution in [0, 0.1) is 5.82 Å². The van der Waals surface area contributed by atoms with Crippen molar-refractivity contribution in [2.24, 2.45) is 0 Å². The SMILES string of the molecule is Fc1ccc(-c2ccc3c(c2)C=CC(C(F)(F)F)N3)cc1. The van der Waals surface area contributed by atoms with Gasteiger partial charge in [-0.05, 0) is 41.0 Å². The summed E-state index contributed by atoms with van der Waals surface area (Å²) in [5, 5.41) is 2.45. The first-order chi connectivity index (χ1) is 9.93. The molecule has 0 radical (unpaired) electrons. The molecule has 1 aliphatic rings. The minimum absolute atomic E-state index is 0.328. The largest absolute Gasteiger partial charge is 0.412 e. The van der Waals surface area contributed by atoms with Crippen LogP contribution in [-0.4, -0.2) is 12.2 Å². The molecule has 0 aliphatic carbocycles. The van der Waals surface area contributed by atoms with Crippen molar-refractivity contribution in [3.63, 3.8) is 0 Å². The molecule has 2 aromatic carbocycles. The van der Waals surface area contributed by atoms with Crippen LogP contribution in [0.2, 0.25) is 0 Å². The Balaban J connectivity index is 1.93. The van der Waals surface area contributed by atoms with Crippen molar-refractivity contribution in [1.82, 2.24) is 0 Å². The molecule has 1 unspecified atom stereocenters. The lowest BCUT2D eigenvalue weighted by Crippen LogP contribution is -2.35. The van der Waals surface area contributed by atoms with E-state index in [1.54, 1.807) is 30.3 Å². The highest BCUT2D eigenvalue weighted by atomic mass is 19.4. The summed E-state index contributed by atoms with van der Waals surface area (Å²) in [6.07, 6.45) is -1.77. The van der Waals surface area contributed by atoms with E-state index in [4.69, 9.17) is 0 Å². The first kappa shape index (κ1) is 13.7. The highest BCUT2D eigenvalue weighted by Crippen LogP contribution is 2.33. The predicted molar refractivity (Wildman–Crippen MR) is 74.3 cm³/mol. The summed E-state index contributed by atoms with van der Waals surface area (Å²) < 4.78 is 50.9. The van der Waals surface area contributed by atoms with E-state index in [0.29, 0.717) is 11.3 Å². The fourth-order valence-corrected chi connectivity index (χ4v) is 2.26. The second kappa shape index (κ2) is 4.91. The van der Waals surface area contributed by atoms with E-state index in [0.717, 1.165) is 17.2 Å².